The van der Waals surface area contributed by atoms with Crippen molar-refractivity contribution in [3.63, 3.8) is 0 Å². The van der Waals surface area contributed by atoms with E-state index in [1.54, 1.807) is 0 Å². The van der Waals surface area contributed by atoms with Crippen LogP contribution in [0.3, 0.4) is 0 Å². The zero-order valence-electron chi connectivity index (χ0n) is 5.94. The van der Waals surface area contributed by atoms with Crippen LogP contribution >= 0.6 is 11.6 Å². The summed E-state index contributed by atoms with van der Waals surface area (Å²) < 4.78 is 0. The fourth-order valence-electron chi connectivity index (χ4n) is 0.933. The normalized spacial score (nSPS) is 10.1. The molecule has 0 aliphatic carbocycles. The predicted molar refractivity (Wildman–Crippen MR) is 44.5 cm³/mol. The molecule has 0 atom stereocenters. The number of alkyl halides is 1. The summed E-state index contributed by atoms with van der Waals surface area (Å²) in [5.41, 5.74) is 1.31. The van der Waals surface area contributed by atoms with E-state index in [1.807, 2.05) is 12.3 Å². The summed E-state index contributed by atoms with van der Waals surface area (Å²) in [7, 11) is 0. The summed E-state index contributed by atoms with van der Waals surface area (Å²) in [6, 6.07) is 4.13. The first-order chi connectivity index (χ1) is 4.93. The van der Waals surface area contributed by atoms with Gasteiger partial charge < -0.3 is 4.98 Å². The lowest BCUT2D eigenvalue weighted by atomic mass is 10.2. The number of aryl methyl sites for hydroxylation is 1. The van der Waals surface area contributed by atoms with Crippen molar-refractivity contribution in [3.8, 4) is 0 Å². The number of hydrogen-bond acceptors (Lipinski definition) is 0. The van der Waals surface area contributed by atoms with Gasteiger partial charge in [-0.25, -0.2) is 0 Å². The molecular formula is C8H12ClN. The Balaban J connectivity index is 2.15. The predicted octanol–water partition coefficient (Wildman–Crippen LogP) is 2.58. The highest BCUT2D eigenvalue weighted by atomic mass is 35.5. The molecule has 0 aliphatic heterocycles. The van der Waals surface area contributed by atoms with Gasteiger partial charge in [0.25, 0.3) is 0 Å². The largest absolute Gasteiger partial charge is 0.365 e. The molecule has 1 aromatic rings. The van der Waals surface area contributed by atoms with Gasteiger partial charge in [-0.2, -0.15) is 0 Å². The topological polar surface area (TPSA) is 15.8 Å². The summed E-state index contributed by atoms with van der Waals surface area (Å²) in [4.78, 5) is 3.15. The molecule has 56 valence electrons. The molecule has 1 aromatic heterocycles. The van der Waals surface area contributed by atoms with Gasteiger partial charge in [0.2, 0.25) is 0 Å². The molecule has 0 bridgehead atoms. The smallest absolute Gasteiger partial charge is 0.0223 e. The van der Waals surface area contributed by atoms with Gasteiger partial charge in [0.15, 0.2) is 0 Å². The van der Waals surface area contributed by atoms with Crippen LogP contribution in [0.5, 0.6) is 0 Å². The molecule has 1 heterocycles. The van der Waals surface area contributed by atoms with Gasteiger partial charge in [0, 0.05) is 17.8 Å². The van der Waals surface area contributed by atoms with Gasteiger partial charge in [-0.1, -0.05) is 0 Å². The van der Waals surface area contributed by atoms with Crippen LogP contribution in [0.4, 0.5) is 0 Å². The van der Waals surface area contributed by atoms with E-state index in [1.165, 1.54) is 12.1 Å². The van der Waals surface area contributed by atoms with E-state index >= 15 is 0 Å². The number of aromatic amines is 1. The van der Waals surface area contributed by atoms with Crippen molar-refractivity contribution in [3.05, 3.63) is 24.0 Å². The molecule has 0 fully saturated rings. The van der Waals surface area contributed by atoms with Crippen LogP contribution < -0.4 is 0 Å². The summed E-state index contributed by atoms with van der Waals surface area (Å²) >= 11 is 5.53. The van der Waals surface area contributed by atoms with Gasteiger partial charge in [-0.3, -0.25) is 0 Å². The summed E-state index contributed by atoms with van der Waals surface area (Å²) in [5, 5.41) is 0. The number of aromatic nitrogens is 1. The molecule has 0 saturated carbocycles. The van der Waals surface area contributed by atoms with Crippen LogP contribution in [-0.4, -0.2) is 10.9 Å². The first-order valence-electron chi connectivity index (χ1n) is 3.61. The fraction of sp³-hybridized carbons (Fsp3) is 0.500. The fourth-order valence-corrected chi connectivity index (χ4v) is 1.12. The lowest BCUT2D eigenvalue weighted by molar-refractivity contribution is 0.785. The quantitative estimate of drug-likeness (QED) is 0.511. The van der Waals surface area contributed by atoms with Gasteiger partial charge in [0.1, 0.15) is 0 Å². The highest BCUT2D eigenvalue weighted by Gasteiger charge is 1.90. The molecule has 1 nitrogen and oxygen atoms in total. The molecule has 0 aromatic carbocycles. The first-order valence-corrected chi connectivity index (χ1v) is 4.15. The van der Waals surface area contributed by atoms with Crippen LogP contribution in [-0.2, 0) is 6.42 Å². The maximum Gasteiger partial charge on any atom is 0.0223 e. The van der Waals surface area contributed by atoms with Crippen molar-refractivity contribution < 1.29 is 0 Å². The molecule has 2 heteroatoms. The molecular weight excluding hydrogens is 146 g/mol. The molecule has 0 amide bonds. The second-order valence-electron chi connectivity index (χ2n) is 2.34. The van der Waals surface area contributed by atoms with Crippen molar-refractivity contribution in [2.24, 2.45) is 0 Å². The van der Waals surface area contributed by atoms with Crippen LogP contribution in [0.1, 0.15) is 18.5 Å². The second-order valence-corrected chi connectivity index (χ2v) is 2.72. The Bertz CT molecular complexity index is 158. The lowest BCUT2D eigenvalue weighted by Gasteiger charge is -1.93. The van der Waals surface area contributed by atoms with E-state index in [0.717, 1.165) is 18.7 Å². The summed E-state index contributed by atoms with van der Waals surface area (Å²) in [6.45, 7) is 0. The molecule has 10 heavy (non-hydrogen) atoms. The van der Waals surface area contributed by atoms with Crippen LogP contribution in [0.25, 0.3) is 0 Å². The van der Waals surface area contributed by atoms with Crippen LogP contribution in [0.15, 0.2) is 18.3 Å². The Morgan fingerprint density at radius 1 is 1.40 bits per heavy atom. The number of unbranched alkanes of at least 4 members (excludes halogenated alkanes) is 1. The monoisotopic (exact) mass is 157 g/mol. The Hall–Kier alpha value is -0.430. The zero-order chi connectivity index (χ0) is 7.23. The molecule has 1 N–H and O–H groups in total. The van der Waals surface area contributed by atoms with Gasteiger partial charge in [0.05, 0.1) is 0 Å². The Kier molecular flexibility index (Phi) is 3.37. The van der Waals surface area contributed by atoms with Crippen molar-refractivity contribution in [2.75, 3.05) is 5.88 Å². The minimum atomic E-state index is 0.778. The maximum atomic E-state index is 5.53. The third-order valence-corrected chi connectivity index (χ3v) is 1.76. The third-order valence-electron chi connectivity index (χ3n) is 1.49. The summed E-state index contributed by atoms with van der Waals surface area (Å²) in [5.74, 6) is 0.778. The maximum absolute atomic E-state index is 5.53. The molecule has 0 spiro atoms. The minimum Gasteiger partial charge on any atom is -0.365 e. The Morgan fingerprint density at radius 3 is 2.90 bits per heavy atom. The third kappa shape index (κ3) is 2.44. The minimum absolute atomic E-state index is 0.778. The summed E-state index contributed by atoms with van der Waals surface area (Å²) in [6.07, 6.45) is 5.38. The Labute approximate surface area is 66.4 Å². The number of nitrogens with one attached hydrogen (secondary N) is 1. The molecule has 0 saturated heterocycles. The highest BCUT2D eigenvalue weighted by molar-refractivity contribution is 6.17. The van der Waals surface area contributed by atoms with Crippen molar-refractivity contribution in [1.29, 1.82) is 0 Å². The first kappa shape index (κ1) is 7.67. The van der Waals surface area contributed by atoms with E-state index in [4.69, 9.17) is 11.6 Å². The van der Waals surface area contributed by atoms with E-state index in [9.17, 15) is 0 Å². The molecule has 0 aliphatic rings. The number of H-pyrrole nitrogens is 1. The van der Waals surface area contributed by atoms with E-state index < -0.39 is 0 Å². The average Bonchev–Trinajstić information content (AvgIpc) is 2.41. The van der Waals surface area contributed by atoms with Crippen LogP contribution in [0.2, 0.25) is 0 Å². The molecule has 1 rings (SSSR count). The van der Waals surface area contributed by atoms with Crippen molar-refractivity contribution in [2.45, 2.75) is 19.3 Å². The number of rotatable bonds is 4. The molecule has 0 unspecified atom stereocenters. The van der Waals surface area contributed by atoms with E-state index in [0.29, 0.717) is 0 Å². The average molecular weight is 158 g/mol. The SMILES string of the molecule is ClCCCCc1ccc[nH]1. The van der Waals surface area contributed by atoms with E-state index in [-0.39, 0.29) is 0 Å². The second kappa shape index (κ2) is 4.40. The van der Waals surface area contributed by atoms with Crippen LogP contribution in [0, 0.1) is 0 Å². The Morgan fingerprint density at radius 2 is 2.30 bits per heavy atom. The number of halogens is 1. The highest BCUT2D eigenvalue weighted by Crippen LogP contribution is 2.01. The standard InChI is InChI=1S/C8H12ClN/c9-6-2-1-4-8-5-3-7-10-8/h3,5,7,10H,1-2,4,6H2. The van der Waals surface area contributed by atoms with Crippen molar-refractivity contribution >= 4 is 11.6 Å². The molecule has 0 radical (unpaired) electrons. The van der Waals surface area contributed by atoms with Gasteiger partial charge in [-0.05, 0) is 31.4 Å². The van der Waals surface area contributed by atoms with E-state index in [2.05, 4.69) is 11.1 Å². The van der Waals surface area contributed by atoms with Gasteiger partial charge >= 0.3 is 0 Å². The van der Waals surface area contributed by atoms with Gasteiger partial charge in [-0.15, -0.1) is 11.6 Å². The van der Waals surface area contributed by atoms with Crippen molar-refractivity contribution in [1.82, 2.24) is 4.98 Å². The zero-order valence-corrected chi connectivity index (χ0v) is 6.69. The number of hydrogen-bond donors (Lipinski definition) is 1. The lowest BCUT2D eigenvalue weighted by Crippen LogP contribution is -1.85.